The molecule has 0 aliphatic heterocycles. The predicted octanol–water partition coefficient (Wildman–Crippen LogP) is 2.08. The molecule has 1 aliphatic carbocycles. The third-order valence-electron chi connectivity index (χ3n) is 3.35. The van der Waals surface area contributed by atoms with Crippen LogP contribution in [0.25, 0.3) is 0 Å². The lowest BCUT2D eigenvalue weighted by molar-refractivity contribution is 0.234. The summed E-state index contributed by atoms with van der Waals surface area (Å²) < 4.78 is 16.5. The quantitative estimate of drug-likeness (QED) is 0.805. The molecule has 1 N–H and O–H groups in total. The Labute approximate surface area is 108 Å². The summed E-state index contributed by atoms with van der Waals surface area (Å²) >= 11 is 0. The fourth-order valence-electron chi connectivity index (χ4n) is 2.09. The molecule has 0 spiro atoms. The van der Waals surface area contributed by atoms with Gasteiger partial charge in [-0.2, -0.15) is 0 Å². The summed E-state index contributed by atoms with van der Waals surface area (Å²) in [6.07, 6.45) is 2.58. The van der Waals surface area contributed by atoms with E-state index in [0.29, 0.717) is 29.9 Å². The smallest absolute Gasteiger partial charge is 0.203 e. The van der Waals surface area contributed by atoms with E-state index in [4.69, 9.17) is 14.2 Å². The first-order chi connectivity index (χ1) is 8.80. The van der Waals surface area contributed by atoms with E-state index >= 15 is 0 Å². The third-order valence-corrected chi connectivity index (χ3v) is 3.35. The van der Waals surface area contributed by atoms with E-state index < -0.39 is 0 Å². The van der Waals surface area contributed by atoms with Gasteiger partial charge in [-0.15, -0.1) is 0 Å². The van der Waals surface area contributed by atoms with Crippen molar-refractivity contribution in [1.82, 2.24) is 5.32 Å². The number of nitrogens with one attached hydrogen (secondary N) is 1. The highest BCUT2D eigenvalue weighted by molar-refractivity contribution is 5.51. The fourth-order valence-corrected chi connectivity index (χ4v) is 2.09. The number of benzene rings is 1. The lowest BCUT2D eigenvalue weighted by atomic mass is 10.2. The average Bonchev–Trinajstić information content (AvgIpc) is 3.24. The standard InChI is InChI=1S/C14H21NO3/c1-15-11(10-7-8-10)9-18-14-12(16-2)5-4-6-13(14)17-3/h4-6,10-11,15H,7-9H2,1-3H3. The lowest BCUT2D eigenvalue weighted by Gasteiger charge is -2.19. The zero-order chi connectivity index (χ0) is 13.0. The van der Waals surface area contributed by atoms with Gasteiger partial charge in [-0.05, 0) is 37.9 Å². The molecule has 1 aromatic rings. The van der Waals surface area contributed by atoms with Crippen molar-refractivity contribution in [2.75, 3.05) is 27.9 Å². The van der Waals surface area contributed by atoms with Crippen LogP contribution < -0.4 is 19.5 Å². The maximum Gasteiger partial charge on any atom is 0.203 e. The average molecular weight is 251 g/mol. The highest BCUT2D eigenvalue weighted by Gasteiger charge is 2.30. The molecule has 2 rings (SSSR count). The van der Waals surface area contributed by atoms with Crippen molar-refractivity contribution in [1.29, 1.82) is 0 Å². The van der Waals surface area contributed by atoms with Crippen LogP contribution in [0, 0.1) is 5.92 Å². The number of methoxy groups -OCH3 is 2. The van der Waals surface area contributed by atoms with Gasteiger partial charge in [0, 0.05) is 6.04 Å². The largest absolute Gasteiger partial charge is 0.493 e. The molecule has 1 aliphatic rings. The predicted molar refractivity (Wildman–Crippen MR) is 70.6 cm³/mol. The number of hydrogen-bond donors (Lipinski definition) is 1. The van der Waals surface area contributed by atoms with E-state index in [9.17, 15) is 0 Å². The molecule has 1 unspecified atom stereocenters. The van der Waals surface area contributed by atoms with Gasteiger partial charge in [0.1, 0.15) is 6.61 Å². The highest BCUT2D eigenvalue weighted by Crippen LogP contribution is 2.38. The summed E-state index contributed by atoms with van der Waals surface area (Å²) in [6.45, 7) is 0.637. The Morgan fingerprint density at radius 2 is 1.83 bits per heavy atom. The third kappa shape index (κ3) is 2.88. The zero-order valence-electron chi connectivity index (χ0n) is 11.2. The molecule has 0 aromatic heterocycles. The van der Waals surface area contributed by atoms with Crippen molar-refractivity contribution in [2.45, 2.75) is 18.9 Å². The van der Waals surface area contributed by atoms with Crippen LogP contribution in [0.1, 0.15) is 12.8 Å². The van der Waals surface area contributed by atoms with Gasteiger partial charge < -0.3 is 19.5 Å². The molecule has 1 aromatic carbocycles. The summed E-state index contributed by atoms with van der Waals surface area (Å²) in [5, 5.41) is 3.30. The summed E-state index contributed by atoms with van der Waals surface area (Å²) in [5.74, 6) is 2.85. The molecule has 0 saturated heterocycles. The Morgan fingerprint density at radius 1 is 1.22 bits per heavy atom. The van der Waals surface area contributed by atoms with Gasteiger partial charge in [-0.3, -0.25) is 0 Å². The number of hydrogen-bond acceptors (Lipinski definition) is 4. The normalized spacial score (nSPS) is 16.2. The van der Waals surface area contributed by atoms with E-state index in [1.165, 1.54) is 12.8 Å². The SMILES string of the molecule is CNC(COc1c(OC)cccc1OC)C1CC1. The van der Waals surface area contributed by atoms with Crippen LogP contribution >= 0.6 is 0 Å². The molecule has 0 radical (unpaired) electrons. The summed E-state index contributed by atoms with van der Waals surface area (Å²) in [7, 11) is 5.25. The molecule has 0 bridgehead atoms. The maximum absolute atomic E-state index is 5.89. The van der Waals surface area contributed by atoms with Crippen LogP contribution in [-0.2, 0) is 0 Å². The molecular weight excluding hydrogens is 230 g/mol. The first kappa shape index (κ1) is 13.0. The molecular formula is C14H21NO3. The Kier molecular flexibility index (Phi) is 4.31. The van der Waals surface area contributed by atoms with E-state index in [2.05, 4.69) is 5.32 Å². The van der Waals surface area contributed by atoms with Crippen molar-refractivity contribution >= 4 is 0 Å². The summed E-state index contributed by atoms with van der Waals surface area (Å²) in [5.41, 5.74) is 0. The Morgan fingerprint density at radius 3 is 2.28 bits per heavy atom. The fraction of sp³-hybridized carbons (Fsp3) is 0.571. The number of rotatable bonds is 7. The van der Waals surface area contributed by atoms with Gasteiger partial charge in [0.25, 0.3) is 0 Å². The van der Waals surface area contributed by atoms with Gasteiger partial charge >= 0.3 is 0 Å². The second-order valence-corrected chi connectivity index (χ2v) is 4.54. The lowest BCUT2D eigenvalue weighted by Crippen LogP contribution is -2.33. The molecule has 1 fully saturated rings. The second kappa shape index (κ2) is 5.96. The molecule has 1 saturated carbocycles. The summed E-state index contributed by atoms with van der Waals surface area (Å²) in [4.78, 5) is 0. The monoisotopic (exact) mass is 251 g/mol. The van der Waals surface area contributed by atoms with Crippen LogP contribution in [0.4, 0.5) is 0 Å². The van der Waals surface area contributed by atoms with Gasteiger partial charge in [0.05, 0.1) is 14.2 Å². The maximum atomic E-state index is 5.89. The molecule has 4 heteroatoms. The Bertz CT molecular complexity index is 368. The topological polar surface area (TPSA) is 39.7 Å². The van der Waals surface area contributed by atoms with Crippen LogP contribution in [0.2, 0.25) is 0 Å². The molecule has 18 heavy (non-hydrogen) atoms. The van der Waals surface area contributed by atoms with Gasteiger partial charge in [0.2, 0.25) is 5.75 Å². The van der Waals surface area contributed by atoms with E-state index in [-0.39, 0.29) is 0 Å². The number of likely N-dealkylation sites (N-methyl/N-ethyl adjacent to an activating group) is 1. The van der Waals surface area contributed by atoms with Gasteiger partial charge in [0.15, 0.2) is 11.5 Å². The highest BCUT2D eigenvalue weighted by atomic mass is 16.5. The minimum absolute atomic E-state index is 0.402. The van der Waals surface area contributed by atoms with Crippen LogP contribution in [0.3, 0.4) is 0 Å². The van der Waals surface area contributed by atoms with Crippen molar-refractivity contribution in [3.63, 3.8) is 0 Å². The van der Waals surface area contributed by atoms with Crippen molar-refractivity contribution in [3.8, 4) is 17.2 Å². The molecule has 100 valence electrons. The van der Waals surface area contributed by atoms with Gasteiger partial charge in [-0.1, -0.05) is 6.07 Å². The first-order valence-corrected chi connectivity index (χ1v) is 6.31. The molecule has 0 heterocycles. The molecule has 4 nitrogen and oxygen atoms in total. The van der Waals surface area contributed by atoms with Crippen molar-refractivity contribution in [2.24, 2.45) is 5.92 Å². The van der Waals surface area contributed by atoms with E-state index in [1.54, 1.807) is 14.2 Å². The molecule has 0 amide bonds. The number of para-hydroxylation sites is 1. The van der Waals surface area contributed by atoms with Crippen molar-refractivity contribution in [3.05, 3.63) is 18.2 Å². The molecule has 1 atom stereocenters. The first-order valence-electron chi connectivity index (χ1n) is 6.31. The van der Waals surface area contributed by atoms with E-state index in [1.807, 2.05) is 25.2 Å². The minimum Gasteiger partial charge on any atom is -0.493 e. The Hall–Kier alpha value is -1.42. The second-order valence-electron chi connectivity index (χ2n) is 4.54. The minimum atomic E-state index is 0.402. The van der Waals surface area contributed by atoms with Crippen LogP contribution in [0.15, 0.2) is 18.2 Å². The van der Waals surface area contributed by atoms with Crippen LogP contribution in [0.5, 0.6) is 17.2 Å². The van der Waals surface area contributed by atoms with Crippen LogP contribution in [-0.4, -0.2) is 33.9 Å². The van der Waals surface area contributed by atoms with Crippen molar-refractivity contribution < 1.29 is 14.2 Å². The van der Waals surface area contributed by atoms with Gasteiger partial charge in [-0.25, -0.2) is 0 Å². The van der Waals surface area contributed by atoms with E-state index in [0.717, 1.165) is 5.92 Å². The summed E-state index contributed by atoms with van der Waals surface area (Å²) in [6, 6.07) is 6.05. The Balaban J connectivity index is 2.06. The number of ether oxygens (including phenoxy) is 3. The zero-order valence-corrected chi connectivity index (χ0v) is 11.2.